The fraction of sp³-hybridized carbons (Fsp3) is 0.385. The molecule has 1 saturated carbocycles. The number of hydrogen-bond acceptors (Lipinski definition) is 3. The highest BCUT2D eigenvalue weighted by Crippen LogP contribution is 2.19. The van der Waals surface area contributed by atoms with Crippen LogP contribution in [0, 0.1) is 5.82 Å². The van der Waals surface area contributed by atoms with Crippen molar-refractivity contribution in [2.75, 3.05) is 0 Å². The highest BCUT2D eigenvalue weighted by Gasteiger charge is 2.27. The van der Waals surface area contributed by atoms with E-state index in [9.17, 15) is 14.0 Å². The molecule has 1 N–H and O–H groups in total. The quantitative estimate of drug-likeness (QED) is 0.828. The van der Waals surface area contributed by atoms with E-state index in [-0.39, 0.29) is 17.5 Å². The second-order valence-corrected chi connectivity index (χ2v) is 4.34. The summed E-state index contributed by atoms with van der Waals surface area (Å²) < 4.78 is 17.7. The molecule has 1 aliphatic rings. The number of amides is 1. The van der Waals surface area contributed by atoms with Crippen LogP contribution in [0.5, 0.6) is 0 Å². The molecule has 0 saturated heterocycles. The average Bonchev–Trinajstić information content (AvgIpc) is 3.13. The van der Waals surface area contributed by atoms with E-state index in [1.54, 1.807) is 0 Å². The van der Waals surface area contributed by atoms with Crippen molar-refractivity contribution in [2.24, 2.45) is 0 Å². The van der Waals surface area contributed by atoms with Crippen molar-refractivity contribution >= 4 is 11.9 Å². The van der Waals surface area contributed by atoms with Gasteiger partial charge in [0.1, 0.15) is 5.82 Å². The predicted molar refractivity (Wildman–Crippen MR) is 62.4 cm³/mol. The van der Waals surface area contributed by atoms with Crippen molar-refractivity contribution in [1.29, 1.82) is 0 Å². The fourth-order valence-electron chi connectivity index (χ4n) is 1.41. The first-order chi connectivity index (χ1) is 8.56. The minimum atomic E-state index is -0.844. The Kier molecular flexibility index (Phi) is 3.60. The molecule has 1 aliphatic carbocycles. The van der Waals surface area contributed by atoms with Crippen LogP contribution in [0.2, 0.25) is 0 Å². The summed E-state index contributed by atoms with van der Waals surface area (Å²) in [4.78, 5) is 23.2. The lowest BCUT2D eigenvalue weighted by atomic mass is 10.2. The first-order valence-corrected chi connectivity index (χ1v) is 5.83. The first-order valence-electron chi connectivity index (χ1n) is 5.83. The highest BCUT2D eigenvalue weighted by molar-refractivity contribution is 5.92. The van der Waals surface area contributed by atoms with Crippen LogP contribution in [-0.4, -0.2) is 24.0 Å². The van der Waals surface area contributed by atoms with Gasteiger partial charge in [-0.2, -0.15) is 0 Å². The molecule has 0 aliphatic heterocycles. The number of ether oxygens (including phenoxy) is 1. The molecule has 0 unspecified atom stereocenters. The maximum Gasteiger partial charge on any atom is 0.338 e. The molecule has 0 bridgehead atoms. The number of esters is 1. The number of rotatable bonds is 4. The predicted octanol–water partition coefficient (Wildman–Crippen LogP) is 1.65. The van der Waals surface area contributed by atoms with Gasteiger partial charge in [0.2, 0.25) is 0 Å². The van der Waals surface area contributed by atoms with E-state index in [1.807, 2.05) is 0 Å². The van der Waals surface area contributed by atoms with Gasteiger partial charge in [0.05, 0.1) is 5.56 Å². The molecular formula is C13H14FNO3. The molecule has 0 heterocycles. The summed E-state index contributed by atoms with van der Waals surface area (Å²) in [7, 11) is 0. The lowest BCUT2D eigenvalue weighted by molar-refractivity contribution is -0.129. The van der Waals surface area contributed by atoms with Crippen molar-refractivity contribution in [2.45, 2.75) is 31.9 Å². The van der Waals surface area contributed by atoms with Gasteiger partial charge in [-0.1, -0.05) is 0 Å². The lowest BCUT2D eigenvalue weighted by Gasteiger charge is -2.13. The molecule has 0 spiro atoms. The number of carbonyl (C=O) groups is 2. The highest BCUT2D eigenvalue weighted by atomic mass is 19.1. The van der Waals surface area contributed by atoms with Crippen LogP contribution in [0.4, 0.5) is 4.39 Å². The zero-order chi connectivity index (χ0) is 13.1. The Labute approximate surface area is 104 Å². The van der Waals surface area contributed by atoms with E-state index in [0.717, 1.165) is 12.8 Å². The Morgan fingerprint density at radius 1 is 1.33 bits per heavy atom. The summed E-state index contributed by atoms with van der Waals surface area (Å²) in [5.41, 5.74) is 0.225. The molecule has 2 rings (SSSR count). The summed E-state index contributed by atoms with van der Waals surface area (Å²) in [6, 6.07) is 5.22. The topological polar surface area (TPSA) is 55.4 Å². The first kappa shape index (κ1) is 12.5. The van der Waals surface area contributed by atoms with Gasteiger partial charge in [0.25, 0.3) is 5.91 Å². The van der Waals surface area contributed by atoms with Crippen molar-refractivity contribution in [1.82, 2.24) is 5.32 Å². The summed E-state index contributed by atoms with van der Waals surface area (Å²) in [5, 5.41) is 2.74. The van der Waals surface area contributed by atoms with E-state index < -0.39 is 17.9 Å². The number of carbonyl (C=O) groups excluding carboxylic acids is 2. The molecule has 0 aromatic heterocycles. The van der Waals surface area contributed by atoms with Crippen LogP contribution in [0.25, 0.3) is 0 Å². The largest absolute Gasteiger partial charge is 0.449 e. The van der Waals surface area contributed by atoms with E-state index in [4.69, 9.17) is 4.74 Å². The monoisotopic (exact) mass is 251 g/mol. The SMILES string of the molecule is C[C@@H](OC(=O)c1ccc(F)cc1)C(=O)NC1CC1. The standard InChI is InChI=1S/C13H14FNO3/c1-8(12(16)15-11-6-7-11)18-13(17)9-2-4-10(14)5-3-9/h2-5,8,11H,6-7H2,1H3,(H,15,16)/t8-/m1/s1. The fourth-order valence-corrected chi connectivity index (χ4v) is 1.41. The third kappa shape index (κ3) is 3.29. The minimum Gasteiger partial charge on any atom is -0.449 e. The van der Waals surface area contributed by atoms with Gasteiger partial charge in [-0.3, -0.25) is 4.79 Å². The molecule has 18 heavy (non-hydrogen) atoms. The number of hydrogen-bond donors (Lipinski definition) is 1. The zero-order valence-corrected chi connectivity index (χ0v) is 9.98. The van der Waals surface area contributed by atoms with Gasteiger partial charge in [-0.25, -0.2) is 9.18 Å². The van der Waals surface area contributed by atoms with E-state index >= 15 is 0 Å². The normalized spacial score (nSPS) is 15.9. The van der Waals surface area contributed by atoms with E-state index in [2.05, 4.69) is 5.32 Å². The van der Waals surface area contributed by atoms with Gasteiger partial charge in [-0.15, -0.1) is 0 Å². The third-order valence-electron chi connectivity index (χ3n) is 2.66. The van der Waals surface area contributed by atoms with Crippen molar-refractivity contribution in [3.63, 3.8) is 0 Å². The maximum atomic E-state index is 12.7. The van der Waals surface area contributed by atoms with Crippen LogP contribution in [0.3, 0.4) is 0 Å². The van der Waals surface area contributed by atoms with Crippen LogP contribution in [0.1, 0.15) is 30.1 Å². The minimum absolute atomic E-state index is 0.225. The van der Waals surface area contributed by atoms with E-state index in [0.29, 0.717) is 0 Å². The van der Waals surface area contributed by atoms with Crippen molar-refractivity contribution in [3.05, 3.63) is 35.6 Å². The van der Waals surface area contributed by atoms with Crippen molar-refractivity contribution < 1.29 is 18.7 Å². The molecule has 0 radical (unpaired) electrons. The second-order valence-electron chi connectivity index (χ2n) is 4.34. The van der Waals surface area contributed by atoms with Gasteiger partial charge in [-0.05, 0) is 44.0 Å². The molecule has 1 aromatic rings. The molecule has 4 nitrogen and oxygen atoms in total. The Morgan fingerprint density at radius 3 is 2.50 bits per heavy atom. The average molecular weight is 251 g/mol. The zero-order valence-electron chi connectivity index (χ0n) is 9.98. The molecule has 5 heteroatoms. The van der Waals surface area contributed by atoms with Crippen LogP contribution < -0.4 is 5.32 Å². The van der Waals surface area contributed by atoms with Gasteiger partial charge in [0, 0.05) is 6.04 Å². The van der Waals surface area contributed by atoms with Crippen molar-refractivity contribution in [3.8, 4) is 0 Å². The Morgan fingerprint density at radius 2 is 1.94 bits per heavy atom. The molecule has 1 amide bonds. The molecule has 1 atom stereocenters. The third-order valence-corrected chi connectivity index (χ3v) is 2.66. The summed E-state index contributed by atoms with van der Waals surface area (Å²) in [6.45, 7) is 1.51. The Bertz CT molecular complexity index is 454. The molecule has 1 fully saturated rings. The summed E-state index contributed by atoms with van der Waals surface area (Å²) in [6.07, 6.45) is 1.11. The molecule has 1 aromatic carbocycles. The maximum absolute atomic E-state index is 12.7. The number of halogens is 1. The van der Waals surface area contributed by atoms with Gasteiger partial charge in [0.15, 0.2) is 6.10 Å². The molecule has 96 valence electrons. The van der Waals surface area contributed by atoms with Gasteiger partial charge >= 0.3 is 5.97 Å². The van der Waals surface area contributed by atoms with E-state index in [1.165, 1.54) is 31.2 Å². The Hall–Kier alpha value is -1.91. The van der Waals surface area contributed by atoms with Crippen LogP contribution >= 0.6 is 0 Å². The molecular weight excluding hydrogens is 237 g/mol. The second kappa shape index (κ2) is 5.16. The number of nitrogens with one attached hydrogen (secondary N) is 1. The summed E-state index contributed by atoms with van der Waals surface area (Å²) >= 11 is 0. The summed E-state index contributed by atoms with van der Waals surface area (Å²) in [5.74, 6) is -1.35. The lowest BCUT2D eigenvalue weighted by Crippen LogP contribution is -2.37. The number of benzene rings is 1. The smallest absolute Gasteiger partial charge is 0.338 e. The van der Waals surface area contributed by atoms with Crippen LogP contribution in [0.15, 0.2) is 24.3 Å². The van der Waals surface area contributed by atoms with Crippen LogP contribution in [-0.2, 0) is 9.53 Å². The van der Waals surface area contributed by atoms with Gasteiger partial charge < -0.3 is 10.1 Å². The Balaban J connectivity index is 1.89.